The Morgan fingerprint density at radius 1 is 1.31 bits per heavy atom. The molecule has 3 nitrogen and oxygen atoms in total. The molecule has 0 bridgehead atoms. The Labute approximate surface area is 102 Å². The lowest BCUT2D eigenvalue weighted by atomic mass is 10.2. The minimum absolute atomic E-state index is 0.514. The van der Waals surface area contributed by atoms with E-state index in [2.05, 4.69) is 20.9 Å². The quantitative estimate of drug-likeness (QED) is 0.914. The zero-order chi connectivity index (χ0) is 11.5. The first-order valence-electron chi connectivity index (χ1n) is 4.81. The summed E-state index contributed by atoms with van der Waals surface area (Å²) < 4.78 is 6.38. The molecular weight excluding hydrogens is 268 g/mol. The zero-order valence-electron chi connectivity index (χ0n) is 8.77. The van der Waals surface area contributed by atoms with Crippen LogP contribution in [-0.4, -0.2) is 4.98 Å². The number of nitrogen functional groups attached to an aromatic ring is 1. The van der Waals surface area contributed by atoms with Crippen LogP contribution < -0.4 is 10.5 Å². The van der Waals surface area contributed by atoms with Crippen molar-refractivity contribution in [3.05, 3.63) is 46.6 Å². The van der Waals surface area contributed by atoms with Crippen molar-refractivity contribution in [2.75, 3.05) is 5.73 Å². The van der Waals surface area contributed by atoms with E-state index in [1.807, 2.05) is 31.2 Å². The molecule has 0 atom stereocenters. The maximum Gasteiger partial charge on any atom is 0.233 e. The third-order valence-electron chi connectivity index (χ3n) is 2.03. The van der Waals surface area contributed by atoms with Gasteiger partial charge in [-0.1, -0.05) is 12.1 Å². The number of benzene rings is 1. The third-order valence-corrected chi connectivity index (χ3v) is 2.60. The predicted octanol–water partition coefficient (Wildman–Crippen LogP) is 3.53. The van der Waals surface area contributed by atoms with Crippen LogP contribution in [0.3, 0.4) is 0 Å². The van der Waals surface area contributed by atoms with Crippen LogP contribution in [0.25, 0.3) is 0 Å². The van der Waals surface area contributed by atoms with Crippen molar-refractivity contribution in [2.45, 2.75) is 6.92 Å². The van der Waals surface area contributed by atoms with Crippen LogP contribution in [0.2, 0.25) is 0 Å². The smallest absolute Gasteiger partial charge is 0.233 e. The van der Waals surface area contributed by atoms with Gasteiger partial charge in [-0.3, -0.25) is 0 Å². The fraction of sp³-hybridized carbons (Fsp3) is 0.0833. The minimum Gasteiger partial charge on any atom is -0.438 e. The fourth-order valence-electron chi connectivity index (χ4n) is 1.31. The molecule has 0 saturated carbocycles. The number of pyridine rings is 1. The van der Waals surface area contributed by atoms with E-state index in [0.29, 0.717) is 11.6 Å². The number of rotatable bonds is 2. The molecular formula is C12H11BrN2O. The van der Waals surface area contributed by atoms with Gasteiger partial charge in [0.2, 0.25) is 5.88 Å². The highest BCUT2D eigenvalue weighted by molar-refractivity contribution is 9.10. The van der Waals surface area contributed by atoms with Crippen LogP contribution in [0.1, 0.15) is 5.56 Å². The van der Waals surface area contributed by atoms with E-state index < -0.39 is 0 Å². The monoisotopic (exact) mass is 278 g/mol. The Balaban J connectivity index is 2.27. The lowest BCUT2D eigenvalue weighted by molar-refractivity contribution is 0.459. The van der Waals surface area contributed by atoms with E-state index in [9.17, 15) is 0 Å². The molecule has 1 aromatic heterocycles. The Morgan fingerprint density at radius 2 is 2.12 bits per heavy atom. The number of hydrogen-bond acceptors (Lipinski definition) is 3. The normalized spacial score (nSPS) is 10.1. The molecule has 16 heavy (non-hydrogen) atoms. The van der Waals surface area contributed by atoms with E-state index in [1.165, 1.54) is 0 Å². The fourth-order valence-corrected chi connectivity index (χ4v) is 1.75. The van der Waals surface area contributed by atoms with E-state index in [4.69, 9.17) is 10.5 Å². The summed E-state index contributed by atoms with van der Waals surface area (Å²) in [5.41, 5.74) is 7.34. The molecule has 0 aliphatic carbocycles. The number of ether oxygens (including phenoxy) is 1. The van der Waals surface area contributed by atoms with Gasteiger partial charge in [-0.05, 0) is 46.6 Å². The van der Waals surface area contributed by atoms with Gasteiger partial charge >= 0.3 is 0 Å². The van der Waals surface area contributed by atoms with E-state index in [1.54, 1.807) is 12.3 Å². The lowest BCUT2D eigenvalue weighted by Gasteiger charge is -2.07. The van der Waals surface area contributed by atoms with Crippen molar-refractivity contribution in [3.8, 4) is 11.6 Å². The molecule has 0 aliphatic heterocycles. The molecule has 1 heterocycles. The van der Waals surface area contributed by atoms with Crippen LogP contribution in [0.4, 0.5) is 5.69 Å². The topological polar surface area (TPSA) is 48.1 Å². The summed E-state index contributed by atoms with van der Waals surface area (Å²) >= 11 is 3.36. The first-order chi connectivity index (χ1) is 7.65. The van der Waals surface area contributed by atoms with Gasteiger partial charge in [0.25, 0.3) is 0 Å². The van der Waals surface area contributed by atoms with Crippen LogP contribution in [0.15, 0.2) is 41.0 Å². The molecule has 0 spiro atoms. The standard InChI is InChI=1S/C12H11BrN2O/c1-8-3-2-4-10(5-8)16-12-11(13)6-9(14)7-15-12/h2-7H,14H2,1H3. The molecule has 82 valence electrons. The number of nitrogens with two attached hydrogens (primary N) is 1. The van der Waals surface area contributed by atoms with Gasteiger partial charge in [0, 0.05) is 0 Å². The molecule has 0 saturated heterocycles. The van der Waals surface area contributed by atoms with Crippen molar-refractivity contribution in [1.29, 1.82) is 0 Å². The molecule has 2 rings (SSSR count). The summed E-state index contributed by atoms with van der Waals surface area (Å²) in [6.45, 7) is 2.01. The van der Waals surface area contributed by atoms with Crippen LogP contribution >= 0.6 is 15.9 Å². The van der Waals surface area contributed by atoms with Gasteiger partial charge in [-0.25, -0.2) is 4.98 Å². The SMILES string of the molecule is Cc1cccc(Oc2ncc(N)cc2Br)c1. The molecule has 0 aliphatic rings. The van der Waals surface area contributed by atoms with Crippen LogP contribution in [-0.2, 0) is 0 Å². The average Bonchev–Trinajstić information content (AvgIpc) is 2.22. The molecule has 0 radical (unpaired) electrons. The van der Waals surface area contributed by atoms with Gasteiger partial charge in [0.05, 0.1) is 16.4 Å². The van der Waals surface area contributed by atoms with Gasteiger partial charge in [0.1, 0.15) is 5.75 Å². The Morgan fingerprint density at radius 3 is 2.81 bits per heavy atom. The van der Waals surface area contributed by atoms with Gasteiger partial charge in [-0.2, -0.15) is 0 Å². The third kappa shape index (κ3) is 2.52. The van der Waals surface area contributed by atoms with Crippen molar-refractivity contribution >= 4 is 21.6 Å². The van der Waals surface area contributed by atoms with Crippen LogP contribution in [0, 0.1) is 6.92 Å². The van der Waals surface area contributed by atoms with Crippen molar-refractivity contribution in [2.24, 2.45) is 0 Å². The summed E-state index contributed by atoms with van der Waals surface area (Å²) in [6.07, 6.45) is 1.57. The summed E-state index contributed by atoms with van der Waals surface area (Å²) in [5, 5.41) is 0. The molecule has 0 fully saturated rings. The second kappa shape index (κ2) is 4.53. The highest BCUT2D eigenvalue weighted by atomic mass is 79.9. The maximum absolute atomic E-state index is 5.63. The molecule has 4 heteroatoms. The largest absolute Gasteiger partial charge is 0.438 e. The summed E-state index contributed by atoms with van der Waals surface area (Å²) in [7, 11) is 0. The van der Waals surface area contributed by atoms with Gasteiger partial charge < -0.3 is 10.5 Å². The van der Waals surface area contributed by atoms with Crippen molar-refractivity contribution in [1.82, 2.24) is 4.98 Å². The molecule has 2 aromatic rings. The summed E-state index contributed by atoms with van der Waals surface area (Å²) in [5.74, 6) is 1.28. The number of halogens is 1. The van der Waals surface area contributed by atoms with Gasteiger partial charge in [0.15, 0.2) is 0 Å². The number of anilines is 1. The maximum atomic E-state index is 5.63. The molecule has 2 N–H and O–H groups in total. The second-order valence-corrected chi connectivity index (χ2v) is 4.33. The summed E-state index contributed by atoms with van der Waals surface area (Å²) in [6, 6.07) is 9.55. The van der Waals surface area contributed by atoms with E-state index >= 15 is 0 Å². The van der Waals surface area contributed by atoms with Crippen LogP contribution in [0.5, 0.6) is 11.6 Å². The van der Waals surface area contributed by atoms with E-state index in [-0.39, 0.29) is 0 Å². The lowest BCUT2D eigenvalue weighted by Crippen LogP contribution is -1.92. The number of aryl methyl sites for hydroxylation is 1. The average molecular weight is 279 g/mol. The highest BCUT2D eigenvalue weighted by Crippen LogP contribution is 2.28. The first-order valence-corrected chi connectivity index (χ1v) is 5.60. The number of hydrogen-bond donors (Lipinski definition) is 1. The predicted molar refractivity (Wildman–Crippen MR) is 67.6 cm³/mol. The Kier molecular flexibility index (Phi) is 3.10. The molecule has 0 amide bonds. The van der Waals surface area contributed by atoms with Crippen molar-refractivity contribution < 1.29 is 4.74 Å². The molecule has 1 aromatic carbocycles. The summed E-state index contributed by atoms with van der Waals surface area (Å²) in [4.78, 5) is 4.11. The second-order valence-electron chi connectivity index (χ2n) is 3.47. The highest BCUT2D eigenvalue weighted by Gasteiger charge is 2.04. The van der Waals surface area contributed by atoms with Gasteiger partial charge in [-0.15, -0.1) is 0 Å². The number of aromatic nitrogens is 1. The minimum atomic E-state index is 0.514. The molecule has 0 unspecified atom stereocenters. The first kappa shape index (κ1) is 11.0. The Hall–Kier alpha value is -1.55. The Bertz CT molecular complexity index is 514. The van der Waals surface area contributed by atoms with E-state index in [0.717, 1.165) is 15.8 Å². The van der Waals surface area contributed by atoms with Crippen molar-refractivity contribution in [3.63, 3.8) is 0 Å². The number of nitrogens with zero attached hydrogens (tertiary/aromatic N) is 1. The zero-order valence-corrected chi connectivity index (χ0v) is 10.4.